The number of hydrogen-bond acceptors (Lipinski definition) is 7. The van der Waals surface area contributed by atoms with Crippen molar-refractivity contribution in [3.63, 3.8) is 0 Å². The van der Waals surface area contributed by atoms with Gasteiger partial charge in [-0.05, 0) is 6.07 Å². The molecule has 4 atom stereocenters. The summed E-state index contributed by atoms with van der Waals surface area (Å²) < 4.78 is 6.84. The quantitative estimate of drug-likeness (QED) is 0.528. The maximum atomic E-state index is 9.97. The van der Waals surface area contributed by atoms with Crippen LogP contribution in [0.1, 0.15) is 6.23 Å². The number of hydrogen-bond donors (Lipinski definition) is 4. The third kappa shape index (κ3) is 1.77. The van der Waals surface area contributed by atoms with Crippen LogP contribution in [0.5, 0.6) is 0 Å². The lowest BCUT2D eigenvalue weighted by atomic mass is 10.1. The molecule has 0 aromatic carbocycles. The van der Waals surface area contributed by atoms with Gasteiger partial charge in [0.2, 0.25) is 0 Å². The molecule has 4 unspecified atom stereocenters. The van der Waals surface area contributed by atoms with E-state index < -0.39 is 24.5 Å². The summed E-state index contributed by atoms with van der Waals surface area (Å²) in [6.07, 6.45) is -0.989. The Balaban J connectivity index is 2.04. The van der Waals surface area contributed by atoms with Gasteiger partial charge in [0.05, 0.1) is 23.7 Å². The molecule has 0 spiro atoms. The Labute approximate surface area is 108 Å². The molecule has 1 aliphatic rings. The minimum atomic E-state index is -1.17. The van der Waals surface area contributed by atoms with Gasteiger partial charge in [-0.25, -0.2) is 9.67 Å². The van der Waals surface area contributed by atoms with E-state index in [1.807, 2.05) is 0 Å². The summed E-state index contributed by atoms with van der Waals surface area (Å²) in [5.74, 6) is 0.329. The highest BCUT2D eigenvalue weighted by Gasteiger charge is 2.44. The van der Waals surface area contributed by atoms with Crippen LogP contribution in [0, 0.1) is 0 Å². The standard InChI is InChI=1S/C11H14N4O4/c12-10-5-3-14-15(6(5)1-2-13-10)11-9(18)8(17)7(4-16)19-11/h1-3,7-9,11,16-18H,4H2,(H2,12,13). The Hall–Kier alpha value is -1.74. The van der Waals surface area contributed by atoms with Crippen LogP contribution in [0.2, 0.25) is 0 Å². The molecule has 3 heterocycles. The fourth-order valence-corrected chi connectivity index (χ4v) is 2.28. The lowest BCUT2D eigenvalue weighted by Crippen LogP contribution is -2.33. The number of rotatable bonds is 2. The van der Waals surface area contributed by atoms with E-state index in [9.17, 15) is 10.2 Å². The normalized spacial score (nSPS) is 31.1. The van der Waals surface area contributed by atoms with Crippen LogP contribution in [-0.2, 0) is 4.74 Å². The topological polar surface area (TPSA) is 127 Å². The predicted octanol–water partition coefficient (Wildman–Crippen LogP) is -1.38. The Morgan fingerprint density at radius 1 is 1.37 bits per heavy atom. The lowest BCUT2D eigenvalue weighted by molar-refractivity contribution is -0.0564. The summed E-state index contributed by atoms with van der Waals surface area (Å²) >= 11 is 0. The van der Waals surface area contributed by atoms with Gasteiger partial charge in [-0.3, -0.25) is 0 Å². The fraction of sp³-hybridized carbons (Fsp3) is 0.455. The Kier molecular flexibility index (Phi) is 2.86. The van der Waals surface area contributed by atoms with Crippen molar-refractivity contribution < 1.29 is 20.1 Å². The molecule has 8 heteroatoms. The molecule has 102 valence electrons. The van der Waals surface area contributed by atoms with E-state index in [4.69, 9.17) is 15.6 Å². The minimum absolute atomic E-state index is 0.329. The van der Waals surface area contributed by atoms with Crippen molar-refractivity contribution in [3.05, 3.63) is 18.5 Å². The van der Waals surface area contributed by atoms with Gasteiger partial charge in [-0.1, -0.05) is 0 Å². The molecule has 3 rings (SSSR count). The van der Waals surface area contributed by atoms with E-state index in [1.54, 1.807) is 6.07 Å². The number of aromatic nitrogens is 3. The van der Waals surface area contributed by atoms with Crippen molar-refractivity contribution in [1.82, 2.24) is 14.8 Å². The zero-order valence-corrected chi connectivity index (χ0v) is 9.92. The minimum Gasteiger partial charge on any atom is -0.394 e. The summed E-state index contributed by atoms with van der Waals surface area (Å²) in [5.41, 5.74) is 6.37. The monoisotopic (exact) mass is 266 g/mol. The molecule has 0 aliphatic carbocycles. The first-order chi connectivity index (χ1) is 9.13. The molecule has 5 N–H and O–H groups in total. The Morgan fingerprint density at radius 2 is 2.16 bits per heavy atom. The number of anilines is 1. The average Bonchev–Trinajstić information content (AvgIpc) is 2.94. The van der Waals surface area contributed by atoms with Gasteiger partial charge in [0, 0.05) is 6.20 Å². The molecule has 1 aliphatic heterocycles. The molecule has 19 heavy (non-hydrogen) atoms. The molecule has 0 saturated carbocycles. The van der Waals surface area contributed by atoms with E-state index in [-0.39, 0.29) is 6.61 Å². The summed E-state index contributed by atoms with van der Waals surface area (Å²) in [6.45, 7) is -0.377. The molecule has 0 radical (unpaired) electrons. The van der Waals surface area contributed by atoms with E-state index >= 15 is 0 Å². The zero-order valence-electron chi connectivity index (χ0n) is 9.92. The summed E-state index contributed by atoms with van der Waals surface area (Å²) in [5, 5.41) is 33.5. The number of nitrogen functional groups attached to an aromatic ring is 1. The first-order valence-electron chi connectivity index (χ1n) is 5.83. The first-order valence-corrected chi connectivity index (χ1v) is 5.83. The highest BCUT2D eigenvalue weighted by Crippen LogP contribution is 2.31. The number of fused-ring (bicyclic) bond motifs is 1. The molecule has 1 saturated heterocycles. The van der Waals surface area contributed by atoms with Gasteiger partial charge < -0.3 is 25.8 Å². The average molecular weight is 266 g/mol. The SMILES string of the molecule is Nc1nccc2c1cnn2C1OC(CO)C(O)C1O. The van der Waals surface area contributed by atoms with Crippen LogP contribution in [0.4, 0.5) is 5.82 Å². The molecule has 0 bridgehead atoms. The molecule has 8 nitrogen and oxygen atoms in total. The number of aliphatic hydroxyl groups excluding tert-OH is 3. The van der Waals surface area contributed by atoms with Crippen LogP contribution in [0.3, 0.4) is 0 Å². The molecular weight excluding hydrogens is 252 g/mol. The zero-order chi connectivity index (χ0) is 13.6. The van der Waals surface area contributed by atoms with Gasteiger partial charge in [-0.15, -0.1) is 0 Å². The summed E-state index contributed by atoms with van der Waals surface area (Å²) in [7, 11) is 0. The Morgan fingerprint density at radius 3 is 2.84 bits per heavy atom. The van der Waals surface area contributed by atoms with E-state index in [1.165, 1.54) is 17.1 Å². The maximum Gasteiger partial charge on any atom is 0.179 e. The highest BCUT2D eigenvalue weighted by molar-refractivity contribution is 5.87. The smallest absolute Gasteiger partial charge is 0.179 e. The van der Waals surface area contributed by atoms with E-state index in [2.05, 4.69) is 10.1 Å². The van der Waals surface area contributed by atoms with Crippen molar-refractivity contribution in [2.75, 3.05) is 12.3 Å². The van der Waals surface area contributed by atoms with Crippen molar-refractivity contribution in [3.8, 4) is 0 Å². The van der Waals surface area contributed by atoms with Crippen molar-refractivity contribution in [1.29, 1.82) is 0 Å². The lowest BCUT2D eigenvalue weighted by Gasteiger charge is -2.16. The van der Waals surface area contributed by atoms with Crippen LogP contribution in [0.25, 0.3) is 10.9 Å². The third-order valence-electron chi connectivity index (χ3n) is 3.31. The van der Waals surface area contributed by atoms with Crippen LogP contribution in [-0.4, -0.2) is 55.0 Å². The largest absolute Gasteiger partial charge is 0.394 e. The molecular formula is C11H14N4O4. The summed E-state index contributed by atoms with van der Waals surface area (Å²) in [4.78, 5) is 3.94. The van der Waals surface area contributed by atoms with Gasteiger partial charge >= 0.3 is 0 Å². The number of aliphatic hydroxyl groups is 3. The predicted molar refractivity (Wildman–Crippen MR) is 64.9 cm³/mol. The number of ether oxygens (including phenoxy) is 1. The Bertz CT molecular complexity index is 601. The van der Waals surface area contributed by atoms with E-state index in [0.717, 1.165) is 0 Å². The highest BCUT2D eigenvalue weighted by atomic mass is 16.6. The van der Waals surface area contributed by atoms with Gasteiger partial charge in [0.1, 0.15) is 24.1 Å². The van der Waals surface area contributed by atoms with Crippen molar-refractivity contribution >= 4 is 16.7 Å². The first kappa shape index (κ1) is 12.3. The second-order valence-electron chi connectivity index (χ2n) is 4.45. The second kappa shape index (κ2) is 4.42. The fourth-order valence-electron chi connectivity index (χ4n) is 2.28. The number of pyridine rings is 1. The molecule has 1 fully saturated rings. The van der Waals surface area contributed by atoms with Crippen molar-refractivity contribution in [2.24, 2.45) is 0 Å². The van der Waals surface area contributed by atoms with E-state index in [0.29, 0.717) is 16.7 Å². The number of nitrogens with zero attached hydrogens (tertiary/aromatic N) is 3. The summed E-state index contributed by atoms with van der Waals surface area (Å²) in [6, 6.07) is 1.69. The maximum absolute atomic E-state index is 9.97. The van der Waals surface area contributed by atoms with Crippen LogP contribution >= 0.6 is 0 Å². The number of nitrogens with two attached hydrogens (primary N) is 1. The molecule has 0 amide bonds. The second-order valence-corrected chi connectivity index (χ2v) is 4.45. The van der Waals surface area contributed by atoms with Gasteiger partial charge in [-0.2, -0.15) is 5.10 Å². The van der Waals surface area contributed by atoms with Gasteiger partial charge in [0.25, 0.3) is 0 Å². The third-order valence-corrected chi connectivity index (χ3v) is 3.31. The molecule has 2 aromatic rings. The van der Waals surface area contributed by atoms with Gasteiger partial charge in [0.15, 0.2) is 6.23 Å². The van der Waals surface area contributed by atoms with Crippen molar-refractivity contribution in [2.45, 2.75) is 24.5 Å². The van der Waals surface area contributed by atoms with Crippen LogP contribution in [0.15, 0.2) is 18.5 Å². The molecule has 2 aromatic heterocycles. The van der Waals surface area contributed by atoms with Crippen LogP contribution < -0.4 is 5.73 Å².